The first-order valence-electron chi connectivity index (χ1n) is 7.62. The van der Waals surface area contributed by atoms with E-state index in [0.29, 0.717) is 24.3 Å². The van der Waals surface area contributed by atoms with Gasteiger partial charge in [0, 0.05) is 0 Å². The number of rotatable bonds is 6. The van der Waals surface area contributed by atoms with Crippen molar-refractivity contribution in [2.45, 2.75) is 9.79 Å². The Kier molecular flexibility index (Phi) is 10.6. The van der Waals surface area contributed by atoms with Crippen LogP contribution < -0.4 is 0 Å². The molecule has 2 aromatic carbocycles. The van der Waals surface area contributed by atoms with E-state index in [0.717, 1.165) is 12.1 Å². The molecule has 33 heavy (non-hydrogen) atoms. The van der Waals surface area contributed by atoms with E-state index < -0.39 is 76.2 Å². The third-order valence-electron chi connectivity index (χ3n) is 3.40. The Morgan fingerprint density at radius 3 is 0.788 bits per heavy atom. The zero-order valence-electron chi connectivity index (χ0n) is 15.2. The van der Waals surface area contributed by atoms with Crippen molar-refractivity contribution in [2.75, 3.05) is 0 Å². The van der Waals surface area contributed by atoms with E-state index in [1.165, 1.54) is 0 Å². The van der Waals surface area contributed by atoms with E-state index in [-0.39, 0.29) is 37.7 Å². The van der Waals surface area contributed by atoms with E-state index in [4.69, 9.17) is 29.5 Å². The molecular formula is C16H14CaO14S2. The second kappa shape index (κ2) is 11.5. The van der Waals surface area contributed by atoms with Crippen LogP contribution in [0.5, 0.6) is 0 Å². The van der Waals surface area contributed by atoms with E-state index >= 15 is 0 Å². The molecule has 2 aromatic rings. The molecule has 0 radical (unpaired) electrons. The van der Waals surface area contributed by atoms with Crippen molar-refractivity contribution in [1.82, 2.24) is 0 Å². The molecule has 0 fully saturated rings. The van der Waals surface area contributed by atoms with Crippen molar-refractivity contribution < 1.29 is 65.5 Å². The van der Waals surface area contributed by atoms with Crippen LogP contribution in [0.2, 0.25) is 0 Å². The maximum absolute atomic E-state index is 10.8. The molecule has 0 amide bonds. The first-order valence-corrected chi connectivity index (χ1v) is 10.5. The molecule has 0 aliphatic rings. The van der Waals surface area contributed by atoms with Crippen LogP contribution in [0.15, 0.2) is 46.2 Å². The fourth-order valence-electron chi connectivity index (χ4n) is 1.99. The van der Waals surface area contributed by atoms with Crippen LogP contribution in [-0.4, -0.2) is 108 Å². The molecule has 0 aliphatic heterocycles. The Morgan fingerprint density at radius 2 is 0.667 bits per heavy atom. The fraction of sp³-hybridized carbons (Fsp3) is 0. The SMILES string of the molecule is O=C(O)c1cc(C(=O)O)cc(S(=O)(=O)O)c1.O=C(O)c1cc(C(=O)O)cc(S(=O)(=O)O)c1.[CaH2]. The van der Waals surface area contributed by atoms with Crippen molar-refractivity contribution in [3.05, 3.63) is 58.7 Å². The van der Waals surface area contributed by atoms with Gasteiger partial charge in [-0.25, -0.2) is 19.2 Å². The van der Waals surface area contributed by atoms with Crippen LogP contribution in [0.1, 0.15) is 41.4 Å². The van der Waals surface area contributed by atoms with Gasteiger partial charge in [0.15, 0.2) is 0 Å². The summed E-state index contributed by atoms with van der Waals surface area (Å²) >= 11 is 0. The summed E-state index contributed by atoms with van der Waals surface area (Å²) in [6.45, 7) is 0. The van der Waals surface area contributed by atoms with Crippen molar-refractivity contribution >= 4 is 81.9 Å². The van der Waals surface area contributed by atoms with Gasteiger partial charge in [0.05, 0.1) is 32.0 Å². The standard InChI is InChI=1S/2C8H6O7S.Ca.2H/c2*9-7(10)4-1-5(8(11)12)3-6(2-4)16(13,14)15;;;/h2*1-3H,(H,9,10)(H,11,12)(H,13,14,15);;;. The van der Waals surface area contributed by atoms with Gasteiger partial charge < -0.3 is 20.4 Å². The van der Waals surface area contributed by atoms with Gasteiger partial charge in [0.1, 0.15) is 0 Å². The van der Waals surface area contributed by atoms with Gasteiger partial charge in [-0.3, -0.25) is 9.11 Å². The molecule has 0 atom stereocenters. The van der Waals surface area contributed by atoms with Crippen LogP contribution in [-0.2, 0) is 20.2 Å². The number of carbonyl (C=O) groups is 4. The van der Waals surface area contributed by atoms with Gasteiger partial charge in [0.25, 0.3) is 20.2 Å². The molecular weight excluding hydrogens is 520 g/mol. The van der Waals surface area contributed by atoms with Crippen LogP contribution in [0, 0.1) is 0 Å². The topological polar surface area (TPSA) is 258 Å². The molecule has 6 N–H and O–H groups in total. The van der Waals surface area contributed by atoms with Crippen molar-refractivity contribution in [1.29, 1.82) is 0 Å². The first kappa shape index (κ1) is 30.4. The number of aromatic carboxylic acids is 4. The molecule has 0 aliphatic carbocycles. The summed E-state index contributed by atoms with van der Waals surface area (Å²) in [6.07, 6.45) is 0. The first-order chi connectivity index (χ1) is 14.4. The summed E-state index contributed by atoms with van der Waals surface area (Å²) in [4.78, 5) is 40.8. The van der Waals surface area contributed by atoms with Crippen LogP contribution in [0.3, 0.4) is 0 Å². The van der Waals surface area contributed by atoms with Gasteiger partial charge in [-0.1, -0.05) is 0 Å². The molecule has 0 aromatic heterocycles. The van der Waals surface area contributed by atoms with Crippen molar-refractivity contribution in [3.63, 3.8) is 0 Å². The summed E-state index contributed by atoms with van der Waals surface area (Å²) in [5, 5.41) is 34.4. The normalized spacial score (nSPS) is 10.7. The number of hydrogen-bond donors (Lipinski definition) is 6. The molecule has 0 bridgehead atoms. The average molecular weight is 534 g/mol. The Balaban J connectivity index is 0.000000602. The fourth-order valence-corrected chi connectivity index (χ4v) is 3.09. The Bertz CT molecular complexity index is 1160. The molecule has 2 rings (SSSR count). The monoisotopic (exact) mass is 534 g/mol. The third kappa shape index (κ3) is 9.04. The molecule has 176 valence electrons. The van der Waals surface area contributed by atoms with E-state index in [1.807, 2.05) is 0 Å². The minimum atomic E-state index is -4.64. The summed E-state index contributed by atoms with van der Waals surface area (Å²) in [5.74, 6) is -5.97. The maximum atomic E-state index is 10.8. The predicted octanol–water partition coefficient (Wildman–Crippen LogP) is -0.257. The molecule has 17 heteroatoms. The van der Waals surface area contributed by atoms with Gasteiger partial charge in [-0.05, 0) is 36.4 Å². The molecule has 0 saturated carbocycles. The van der Waals surface area contributed by atoms with Crippen LogP contribution in [0.25, 0.3) is 0 Å². The number of hydrogen-bond acceptors (Lipinski definition) is 8. The van der Waals surface area contributed by atoms with E-state index in [2.05, 4.69) is 0 Å². The average Bonchev–Trinajstić information content (AvgIpc) is 2.66. The zero-order valence-corrected chi connectivity index (χ0v) is 16.9. The van der Waals surface area contributed by atoms with Crippen molar-refractivity contribution in [3.8, 4) is 0 Å². The predicted molar refractivity (Wildman–Crippen MR) is 109 cm³/mol. The summed E-state index contributed by atoms with van der Waals surface area (Å²) in [5.41, 5.74) is -2.14. The number of carboxylic acids is 4. The van der Waals surface area contributed by atoms with Gasteiger partial charge >= 0.3 is 61.6 Å². The van der Waals surface area contributed by atoms with Gasteiger partial charge in [0.2, 0.25) is 0 Å². The van der Waals surface area contributed by atoms with Gasteiger partial charge in [-0.15, -0.1) is 0 Å². The zero-order chi connectivity index (χ0) is 25.0. The van der Waals surface area contributed by atoms with E-state index in [9.17, 15) is 36.0 Å². The molecule has 0 heterocycles. The van der Waals surface area contributed by atoms with E-state index in [1.54, 1.807) is 0 Å². The quantitative estimate of drug-likeness (QED) is 0.206. The summed E-state index contributed by atoms with van der Waals surface area (Å²) < 4.78 is 60.4. The molecule has 14 nitrogen and oxygen atoms in total. The number of benzene rings is 2. The Labute approximate surface area is 214 Å². The second-order valence-corrected chi connectivity index (χ2v) is 8.51. The summed E-state index contributed by atoms with van der Waals surface area (Å²) in [7, 11) is -9.28. The van der Waals surface area contributed by atoms with Gasteiger partial charge in [-0.2, -0.15) is 16.8 Å². The second-order valence-electron chi connectivity index (χ2n) is 5.66. The van der Waals surface area contributed by atoms with Crippen LogP contribution in [0.4, 0.5) is 0 Å². The Hall–Kier alpha value is -2.60. The molecule has 0 unspecified atom stereocenters. The third-order valence-corrected chi connectivity index (χ3v) is 5.06. The summed E-state index contributed by atoms with van der Waals surface area (Å²) in [6, 6.07) is 4.27. The van der Waals surface area contributed by atoms with Crippen molar-refractivity contribution in [2.24, 2.45) is 0 Å². The van der Waals surface area contributed by atoms with Crippen LogP contribution >= 0.6 is 0 Å². The molecule has 0 spiro atoms. The Morgan fingerprint density at radius 1 is 0.485 bits per heavy atom. The molecule has 0 saturated heterocycles. The number of carboxylic acid groups (broad SMARTS) is 4. The minimum absolute atomic E-state index is 0.